The van der Waals surface area contributed by atoms with Gasteiger partial charge in [0.2, 0.25) is 10.0 Å². The molecule has 0 radical (unpaired) electrons. The second-order valence-corrected chi connectivity index (χ2v) is 7.30. The fraction of sp³-hybridized carbons (Fsp3) is 0.846. The summed E-state index contributed by atoms with van der Waals surface area (Å²) in [7, 11) is -3.08. The highest BCUT2D eigenvalue weighted by Crippen LogP contribution is 2.35. The Hall–Kier alpha value is -0.570. The number of sulfonamides is 1. The summed E-state index contributed by atoms with van der Waals surface area (Å²) in [6.45, 7) is 4.41. The molecule has 2 bridgehead atoms. The first kappa shape index (κ1) is 13.9. The molecule has 0 aromatic heterocycles. The molecule has 1 unspecified atom stereocenters. The molecule has 0 aliphatic carbocycles. The smallest absolute Gasteiger partial charge is 0.211 e. The van der Waals surface area contributed by atoms with E-state index in [2.05, 4.69) is 15.5 Å². The Balaban J connectivity index is 1.88. The number of nitrogens with zero attached hydrogens (tertiary/aromatic N) is 1. The van der Waals surface area contributed by atoms with Crippen LogP contribution in [0.3, 0.4) is 0 Å². The van der Waals surface area contributed by atoms with Crippen molar-refractivity contribution < 1.29 is 8.42 Å². The van der Waals surface area contributed by atoms with Gasteiger partial charge in [-0.1, -0.05) is 6.92 Å². The molecular weight excluding hydrogens is 248 g/mol. The largest absolute Gasteiger partial charge is 0.298 e. The number of nitrogens with one attached hydrogen (secondary N) is 1. The van der Waals surface area contributed by atoms with Crippen molar-refractivity contribution in [3.05, 3.63) is 0 Å². The average molecular weight is 270 g/mol. The van der Waals surface area contributed by atoms with Gasteiger partial charge in [-0.15, -0.1) is 12.3 Å². The van der Waals surface area contributed by atoms with Gasteiger partial charge in [0.05, 0.1) is 5.75 Å². The zero-order chi connectivity index (χ0) is 13.2. The molecule has 0 aromatic carbocycles. The van der Waals surface area contributed by atoms with Crippen LogP contribution in [0.5, 0.6) is 0 Å². The van der Waals surface area contributed by atoms with Crippen LogP contribution in [0.2, 0.25) is 0 Å². The molecule has 3 aliphatic heterocycles. The minimum Gasteiger partial charge on any atom is -0.298 e. The minimum absolute atomic E-state index is 0.218. The Morgan fingerprint density at radius 3 is 2.83 bits per heavy atom. The highest BCUT2D eigenvalue weighted by atomic mass is 32.2. The molecule has 0 spiro atoms. The van der Waals surface area contributed by atoms with Crippen molar-refractivity contribution in [1.29, 1.82) is 0 Å². The predicted octanol–water partition coefficient (Wildman–Crippen LogP) is 0.659. The first-order valence-electron chi connectivity index (χ1n) is 6.73. The molecule has 102 valence electrons. The first-order chi connectivity index (χ1) is 8.55. The van der Waals surface area contributed by atoms with E-state index in [0.717, 1.165) is 25.9 Å². The summed E-state index contributed by atoms with van der Waals surface area (Å²) < 4.78 is 26.0. The molecule has 3 heterocycles. The Bertz CT molecular complexity index is 427. The number of terminal acetylenes is 1. The lowest BCUT2D eigenvalue weighted by Gasteiger charge is -2.48. The van der Waals surface area contributed by atoms with E-state index in [0.29, 0.717) is 30.8 Å². The van der Waals surface area contributed by atoms with Crippen molar-refractivity contribution in [3.8, 4) is 12.3 Å². The van der Waals surface area contributed by atoms with Crippen LogP contribution in [0.4, 0.5) is 0 Å². The Morgan fingerprint density at radius 1 is 1.50 bits per heavy atom. The van der Waals surface area contributed by atoms with Crippen LogP contribution in [0.15, 0.2) is 0 Å². The van der Waals surface area contributed by atoms with Gasteiger partial charge in [-0.3, -0.25) is 4.90 Å². The molecule has 4 nitrogen and oxygen atoms in total. The van der Waals surface area contributed by atoms with E-state index in [9.17, 15) is 8.42 Å². The number of piperidine rings is 3. The van der Waals surface area contributed by atoms with E-state index in [1.165, 1.54) is 0 Å². The summed E-state index contributed by atoms with van der Waals surface area (Å²) in [6.07, 6.45) is 8.38. The van der Waals surface area contributed by atoms with Crippen LogP contribution >= 0.6 is 0 Å². The second kappa shape index (κ2) is 5.60. The molecule has 0 aromatic rings. The molecule has 3 fully saturated rings. The molecule has 1 N–H and O–H groups in total. The molecule has 3 rings (SSSR count). The Morgan fingerprint density at radius 2 is 2.28 bits per heavy atom. The lowest BCUT2D eigenvalue weighted by molar-refractivity contribution is 0.0251. The number of fused-ring (bicyclic) bond motifs is 3. The molecule has 0 amide bonds. The molecule has 4 atom stereocenters. The van der Waals surface area contributed by atoms with Gasteiger partial charge < -0.3 is 0 Å². The normalized spacial score (nSPS) is 35.3. The third-order valence-corrected chi connectivity index (χ3v) is 5.66. The molecule has 18 heavy (non-hydrogen) atoms. The van der Waals surface area contributed by atoms with Crippen LogP contribution in [0.25, 0.3) is 0 Å². The van der Waals surface area contributed by atoms with Gasteiger partial charge in [-0.2, -0.15) is 0 Å². The van der Waals surface area contributed by atoms with Crippen molar-refractivity contribution in [2.45, 2.75) is 32.2 Å². The fourth-order valence-electron chi connectivity index (χ4n) is 3.10. The first-order valence-corrected chi connectivity index (χ1v) is 8.38. The van der Waals surface area contributed by atoms with E-state index in [-0.39, 0.29) is 5.75 Å². The van der Waals surface area contributed by atoms with Crippen molar-refractivity contribution in [2.75, 3.05) is 25.4 Å². The maximum absolute atomic E-state index is 11.6. The number of rotatable bonds is 5. The van der Waals surface area contributed by atoms with Crippen LogP contribution < -0.4 is 4.72 Å². The number of hydrogen-bond acceptors (Lipinski definition) is 3. The summed E-state index contributed by atoms with van der Waals surface area (Å²) in [5, 5.41) is 0. The van der Waals surface area contributed by atoms with E-state index in [4.69, 9.17) is 6.42 Å². The Kier molecular flexibility index (Phi) is 4.31. The van der Waals surface area contributed by atoms with E-state index >= 15 is 0 Å². The zero-order valence-corrected chi connectivity index (χ0v) is 11.7. The highest BCUT2D eigenvalue weighted by molar-refractivity contribution is 7.89. The van der Waals surface area contributed by atoms with Gasteiger partial charge in [0.25, 0.3) is 0 Å². The summed E-state index contributed by atoms with van der Waals surface area (Å²) in [6, 6.07) is 0.333. The maximum atomic E-state index is 11.6. The van der Waals surface area contributed by atoms with Gasteiger partial charge in [-0.05, 0) is 31.7 Å². The number of hydrogen-bond donors (Lipinski definition) is 1. The molecular formula is C13H22N2O2S. The summed E-state index contributed by atoms with van der Waals surface area (Å²) in [4.78, 5) is 2.35. The lowest BCUT2D eigenvalue weighted by Crippen LogP contribution is -2.56. The summed E-state index contributed by atoms with van der Waals surface area (Å²) in [5.74, 6) is 4.03. The molecule has 5 heteroatoms. The van der Waals surface area contributed by atoms with Gasteiger partial charge in [0.15, 0.2) is 0 Å². The quantitative estimate of drug-likeness (QED) is 0.747. The lowest BCUT2D eigenvalue weighted by atomic mass is 9.76. The van der Waals surface area contributed by atoms with Gasteiger partial charge in [0, 0.05) is 25.0 Å². The second-order valence-electron chi connectivity index (χ2n) is 5.37. The van der Waals surface area contributed by atoms with Crippen molar-refractivity contribution in [1.82, 2.24) is 9.62 Å². The van der Waals surface area contributed by atoms with Gasteiger partial charge >= 0.3 is 0 Å². The maximum Gasteiger partial charge on any atom is 0.211 e. The van der Waals surface area contributed by atoms with E-state index in [1.54, 1.807) is 0 Å². The summed E-state index contributed by atoms with van der Waals surface area (Å²) >= 11 is 0. The third-order valence-electron chi connectivity index (χ3n) is 4.10. The van der Waals surface area contributed by atoms with Crippen molar-refractivity contribution in [3.63, 3.8) is 0 Å². The van der Waals surface area contributed by atoms with E-state index in [1.807, 2.05) is 6.92 Å². The fourth-order valence-corrected chi connectivity index (χ4v) is 4.23. The predicted molar refractivity (Wildman–Crippen MR) is 72.5 cm³/mol. The van der Waals surface area contributed by atoms with Crippen molar-refractivity contribution >= 4 is 10.0 Å². The van der Waals surface area contributed by atoms with Crippen LogP contribution in [-0.4, -0.2) is 44.7 Å². The summed E-state index contributed by atoms with van der Waals surface area (Å²) in [5.41, 5.74) is 0. The van der Waals surface area contributed by atoms with Gasteiger partial charge in [0.1, 0.15) is 0 Å². The van der Waals surface area contributed by atoms with Crippen LogP contribution in [0.1, 0.15) is 26.2 Å². The van der Waals surface area contributed by atoms with E-state index < -0.39 is 10.0 Å². The zero-order valence-electron chi connectivity index (χ0n) is 10.9. The minimum atomic E-state index is -3.08. The highest BCUT2D eigenvalue weighted by Gasteiger charge is 2.39. The average Bonchev–Trinajstić information content (AvgIpc) is 2.37. The van der Waals surface area contributed by atoms with Gasteiger partial charge in [-0.25, -0.2) is 13.1 Å². The SMILES string of the molecule is C#C[C@H]1CN2CC[C@H]1C[C@@H]2CNS(=O)(=O)CCC. The third kappa shape index (κ3) is 3.05. The van der Waals surface area contributed by atoms with Crippen molar-refractivity contribution in [2.24, 2.45) is 11.8 Å². The standard InChI is InChI=1S/C13H22N2O2S/c1-3-7-18(16,17)14-9-13-8-12-5-6-15(13)10-11(12)4-2/h2,11-14H,3,5-10H2,1H3/t11-,12-,13+/m0/s1. The molecule has 3 aliphatic rings. The topological polar surface area (TPSA) is 49.4 Å². The monoisotopic (exact) mass is 270 g/mol. The van der Waals surface area contributed by atoms with Crippen LogP contribution in [-0.2, 0) is 10.0 Å². The Labute approximate surface area is 110 Å². The molecule has 3 saturated heterocycles. The molecule has 0 saturated carbocycles. The van der Waals surface area contributed by atoms with Crippen LogP contribution in [0, 0.1) is 24.2 Å².